The van der Waals surface area contributed by atoms with Gasteiger partial charge in [-0.3, -0.25) is 4.79 Å². The number of aryl methyl sites for hydroxylation is 1. The molecule has 5 nitrogen and oxygen atoms in total. The molecule has 14 heavy (non-hydrogen) atoms. The molecule has 0 saturated carbocycles. The summed E-state index contributed by atoms with van der Waals surface area (Å²) >= 11 is 0. The number of fused-ring (bicyclic) bond motifs is 1. The Hall–Kier alpha value is -1.52. The van der Waals surface area contributed by atoms with Crippen LogP contribution in [-0.2, 0) is 6.42 Å². The molecule has 0 aliphatic carbocycles. The van der Waals surface area contributed by atoms with E-state index in [1.165, 1.54) is 0 Å². The fourth-order valence-corrected chi connectivity index (χ4v) is 1.56. The van der Waals surface area contributed by atoms with Crippen LogP contribution >= 0.6 is 0 Å². The molecule has 0 fully saturated rings. The second-order valence-electron chi connectivity index (χ2n) is 3.42. The van der Waals surface area contributed by atoms with E-state index in [1.807, 2.05) is 13.8 Å². The summed E-state index contributed by atoms with van der Waals surface area (Å²) in [5.41, 5.74) is 1.30. The van der Waals surface area contributed by atoms with Gasteiger partial charge in [0.1, 0.15) is 5.56 Å². The molecule has 1 amide bonds. The van der Waals surface area contributed by atoms with Gasteiger partial charge in [-0.1, -0.05) is 18.5 Å². The minimum Gasteiger partial charge on any atom is -0.338 e. The largest absolute Gasteiger partial charge is 0.338 e. The minimum atomic E-state index is -0.101. The molecule has 0 bridgehead atoms. The lowest BCUT2D eigenvalue weighted by atomic mass is 10.1. The molecule has 1 aliphatic heterocycles. The van der Waals surface area contributed by atoms with Crippen LogP contribution in [0.4, 0.5) is 5.88 Å². The summed E-state index contributed by atoms with van der Waals surface area (Å²) in [5.74, 6) is 0.389. The van der Waals surface area contributed by atoms with E-state index in [2.05, 4.69) is 15.8 Å². The van der Waals surface area contributed by atoms with Crippen LogP contribution < -0.4 is 10.6 Å². The first-order valence-electron chi connectivity index (χ1n) is 4.78. The average molecular weight is 195 g/mol. The zero-order chi connectivity index (χ0) is 10.1. The van der Waals surface area contributed by atoms with Crippen LogP contribution in [0.15, 0.2) is 4.52 Å². The molecule has 1 unspecified atom stereocenters. The van der Waals surface area contributed by atoms with Crippen molar-refractivity contribution in [3.8, 4) is 0 Å². The van der Waals surface area contributed by atoms with Crippen molar-refractivity contribution in [3.05, 3.63) is 11.3 Å². The van der Waals surface area contributed by atoms with E-state index in [9.17, 15) is 4.79 Å². The van der Waals surface area contributed by atoms with Crippen molar-refractivity contribution in [1.82, 2.24) is 10.5 Å². The molecule has 0 spiro atoms. The van der Waals surface area contributed by atoms with E-state index < -0.39 is 0 Å². The lowest BCUT2D eigenvalue weighted by Crippen LogP contribution is -2.42. The fourth-order valence-electron chi connectivity index (χ4n) is 1.56. The molecule has 1 aromatic heterocycles. The maximum atomic E-state index is 11.6. The summed E-state index contributed by atoms with van der Waals surface area (Å²) < 4.78 is 5.06. The van der Waals surface area contributed by atoms with Crippen molar-refractivity contribution in [3.63, 3.8) is 0 Å². The third kappa shape index (κ3) is 1.34. The molecule has 2 heterocycles. The van der Waals surface area contributed by atoms with Crippen LogP contribution in [0, 0.1) is 0 Å². The van der Waals surface area contributed by atoms with Gasteiger partial charge in [0.25, 0.3) is 5.91 Å². The number of aromatic nitrogens is 1. The zero-order valence-electron chi connectivity index (χ0n) is 8.26. The Balaban J connectivity index is 2.36. The molecule has 0 saturated heterocycles. The number of carbonyl (C=O) groups excluding carboxylic acids is 1. The van der Waals surface area contributed by atoms with Crippen LogP contribution in [0.2, 0.25) is 0 Å². The van der Waals surface area contributed by atoms with Gasteiger partial charge in [-0.15, -0.1) is 0 Å². The molecule has 0 radical (unpaired) electrons. The Labute approximate surface area is 81.8 Å². The van der Waals surface area contributed by atoms with Crippen molar-refractivity contribution in [1.29, 1.82) is 0 Å². The van der Waals surface area contributed by atoms with E-state index in [1.54, 1.807) is 0 Å². The second kappa shape index (κ2) is 3.32. The van der Waals surface area contributed by atoms with Gasteiger partial charge < -0.3 is 15.2 Å². The number of nitrogens with zero attached hydrogens (tertiary/aromatic N) is 1. The van der Waals surface area contributed by atoms with Gasteiger partial charge in [0.15, 0.2) is 0 Å². The molecule has 1 aliphatic rings. The number of anilines is 1. The lowest BCUT2D eigenvalue weighted by molar-refractivity contribution is 0.0936. The fraction of sp³-hybridized carbons (Fsp3) is 0.556. The molecular weight excluding hydrogens is 182 g/mol. The van der Waals surface area contributed by atoms with Gasteiger partial charge in [0.2, 0.25) is 5.88 Å². The molecule has 2 rings (SSSR count). The number of hydrogen-bond acceptors (Lipinski definition) is 4. The van der Waals surface area contributed by atoms with Crippen molar-refractivity contribution in [2.45, 2.75) is 32.9 Å². The first-order chi connectivity index (χ1) is 6.72. The molecular formula is C9H13N3O2. The third-order valence-corrected chi connectivity index (χ3v) is 2.17. The van der Waals surface area contributed by atoms with Gasteiger partial charge in [-0.2, -0.15) is 0 Å². The number of rotatable bonds is 2. The van der Waals surface area contributed by atoms with Crippen molar-refractivity contribution < 1.29 is 9.32 Å². The highest BCUT2D eigenvalue weighted by atomic mass is 16.5. The minimum absolute atomic E-state index is 0.0996. The number of amides is 1. The van der Waals surface area contributed by atoms with E-state index in [-0.39, 0.29) is 12.1 Å². The number of carbonyl (C=O) groups is 1. The Bertz CT molecular complexity index is 345. The molecule has 2 N–H and O–H groups in total. The Kier molecular flexibility index (Phi) is 2.15. The Morgan fingerprint density at radius 2 is 2.29 bits per heavy atom. The van der Waals surface area contributed by atoms with E-state index in [4.69, 9.17) is 4.52 Å². The standard InChI is InChI=1S/C9H13N3O2/c1-3-4-6-7-8(13)10-5(2)11-9(7)14-12-6/h5,11H,3-4H2,1-2H3,(H,10,13). The summed E-state index contributed by atoms with van der Waals surface area (Å²) in [5, 5.41) is 9.65. The quantitative estimate of drug-likeness (QED) is 0.742. The van der Waals surface area contributed by atoms with Gasteiger partial charge in [0, 0.05) is 0 Å². The summed E-state index contributed by atoms with van der Waals surface area (Å²) in [6.07, 6.45) is 1.61. The smallest absolute Gasteiger partial charge is 0.260 e. The predicted molar refractivity (Wildman–Crippen MR) is 51.0 cm³/mol. The van der Waals surface area contributed by atoms with Crippen LogP contribution in [0.1, 0.15) is 36.3 Å². The maximum absolute atomic E-state index is 11.6. The number of nitrogens with one attached hydrogen (secondary N) is 2. The molecule has 5 heteroatoms. The van der Waals surface area contributed by atoms with Gasteiger partial charge in [-0.25, -0.2) is 0 Å². The molecule has 76 valence electrons. The van der Waals surface area contributed by atoms with E-state index in [0.29, 0.717) is 11.4 Å². The summed E-state index contributed by atoms with van der Waals surface area (Å²) in [4.78, 5) is 11.6. The van der Waals surface area contributed by atoms with Crippen LogP contribution in [0.5, 0.6) is 0 Å². The van der Waals surface area contributed by atoms with Crippen molar-refractivity contribution in [2.24, 2.45) is 0 Å². The SMILES string of the molecule is CCCc1noc2c1C(=O)NC(C)N2. The predicted octanol–water partition coefficient (Wildman–Crippen LogP) is 1.13. The molecule has 1 atom stereocenters. The highest BCUT2D eigenvalue weighted by Crippen LogP contribution is 2.24. The maximum Gasteiger partial charge on any atom is 0.260 e. The average Bonchev–Trinajstić information content (AvgIpc) is 2.49. The monoisotopic (exact) mass is 195 g/mol. The van der Waals surface area contributed by atoms with Crippen molar-refractivity contribution >= 4 is 11.8 Å². The van der Waals surface area contributed by atoms with Crippen LogP contribution in [0.25, 0.3) is 0 Å². The first-order valence-corrected chi connectivity index (χ1v) is 4.78. The van der Waals surface area contributed by atoms with E-state index in [0.717, 1.165) is 18.5 Å². The van der Waals surface area contributed by atoms with E-state index >= 15 is 0 Å². The number of hydrogen-bond donors (Lipinski definition) is 2. The second-order valence-corrected chi connectivity index (χ2v) is 3.42. The van der Waals surface area contributed by atoms with Crippen LogP contribution in [0.3, 0.4) is 0 Å². The van der Waals surface area contributed by atoms with Gasteiger partial charge >= 0.3 is 0 Å². The summed E-state index contributed by atoms with van der Waals surface area (Å²) in [7, 11) is 0. The Morgan fingerprint density at radius 3 is 3.00 bits per heavy atom. The highest BCUT2D eigenvalue weighted by molar-refractivity contribution is 6.01. The molecule has 1 aromatic rings. The highest BCUT2D eigenvalue weighted by Gasteiger charge is 2.28. The summed E-state index contributed by atoms with van der Waals surface area (Å²) in [6, 6.07) is 0. The first kappa shape index (κ1) is 9.05. The molecule has 0 aromatic carbocycles. The van der Waals surface area contributed by atoms with Crippen LogP contribution in [-0.4, -0.2) is 17.2 Å². The Morgan fingerprint density at radius 1 is 1.50 bits per heavy atom. The van der Waals surface area contributed by atoms with Gasteiger partial charge in [-0.05, 0) is 13.3 Å². The normalized spacial score (nSPS) is 19.9. The van der Waals surface area contributed by atoms with Crippen molar-refractivity contribution in [2.75, 3.05) is 5.32 Å². The lowest BCUT2D eigenvalue weighted by Gasteiger charge is -2.20. The zero-order valence-corrected chi connectivity index (χ0v) is 8.26. The topological polar surface area (TPSA) is 67.2 Å². The van der Waals surface area contributed by atoms with Gasteiger partial charge in [0.05, 0.1) is 11.9 Å². The summed E-state index contributed by atoms with van der Waals surface area (Å²) in [6.45, 7) is 3.89. The third-order valence-electron chi connectivity index (χ3n) is 2.17.